The highest BCUT2D eigenvalue weighted by atomic mass is 19.4. The molecule has 3 nitrogen and oxygen atoms in total. The molecule has 0 bridgehead atoms. The fourth-order valence-corrected chi connectivity index (χ4v) is 3.13. The van der Waals surface area contributed by atoms with E-state index in [1.54, 1.807) is 0 Å². The first kappa shape index (κ1) is 14.8. The monoisotopic (exact) mass is 309 g/mol. The molecular formula is C16H14F3NO2. The molecule has 0 N–H and O–H groups in total. The lowest BCUT2D eigenvalue weighted by Gasteiger charge is -2.18. The fourth-order valence-electron chi connectivity index (χ4n) is 3.13. The minimum absolute atomic E-state index is 0.0525. The predicted octanol–water partition coefficient (Wildman–Crippen LogP) is 3.16. The second-order valence-corrected chi connectivity index (χ2v) is 5.57. The molecule has 2 amide bonds. The summed E-state index contributed by atoms with van der Waals surface area (Å²) < 4.78 is 39.0. The van der Waals surface area contributed by atoms with Crippen molar-refractivity contribution >= 4 is 11.8 Å². The third kappa shape index (κ3) is 2.42. The SMILES string of the molecule is O=C1[C@H]2CC=CC[C@@H]2C(=O)N1Cc1ccccc1C(F)(F)F. The van der Waals surface area contributed by atoms with E-state index in [9.17, 15) is 22.8 Å². The molecule has 0 unspecified atom stereocenters. The maximum Gasteiger partial charge on any atom is 0.416 e. The summed E-state index contributed by atoms with van der Waals surface area (Å²) in [6, 6.07) is 5.05. The molecule has 0 spiro atoms. The van der Waals surface area contributed by atoms with Gasteiger partial charge in [0.2, 0.25) is 11.8 Å². The van der Waals surface area contributed by atoms with Crippen LogP contribution in [0.4, 0.5) is 13.2 Å². The molecule has 1 aromatic rings. The highest BCUT2D eigenvalue weighted by Crippen LogP contribution is 2.37. The van der Waals surface area contributed by atoms with Gasteiger partial charge in [0.25, 0.3) is 0 Å². The molecule has 1 saturated heterocycles. The van der Waals surface area contributed by atoms with E-state index in [4.69, 9.17) is 0 Å². The standard InChI is InChI=1S/C16H14F3NO2/c17-16(18,19)13-8-4-1-5-10(13)9-20-14(21)11-6-2-3-7-12(11)15(20)22/h1-5,8,11-12H,6-7,9H2/t11-,12-/m0/s1. The molecule has 2 aliphatic rings. The van der Waals surface area contributed by atoms with E-state index in [0.717, 1.165) is 11.0 Å². The number of nitrogens with zero attached hydrogens (tertiary/aromatic N) is 1. The first-order chi connectivity index (χ1) is 10.4. The summed E-state index contributed by atoms with van der Waals surface area (Å²) in [5.74, 6) is -1.57. The molecule has 1 heterocycles. The molecule has 22 heavy (non-hydrogen) atoms. The number of hydrogen-bond donors (Lipinski definition) is 0. The van der Waals surface area contributed by atoms with Crippen molar-refractivity contribution in [3.8, 4) is 0 Å². The number of hydrogen-bond acceptors (Lipinski definition) is 2. The van der Waals surface area contributed by atoms with Crippen LogP contribution >= 0.6 is 0 Å². The van der Waals surface area contributed by atoms with Gasteiger partial charge in [-0.05, 0) is 24.5 Å². The molecule has 6 heteroatoms. The summed E-state index contributed by atoms with van der Waals surface area (Å²) in [5.41, 5.74) is -0.855. The van der Waals surface area contributed by atoms with Crippen molar-refractivity contribution in [1.82, 2.24) is 4.90 Å². The first-order valence-corrected chi connectivity index (χ1v) is 7.05. The molecular weight excluding hydrogens is 295 g/mol. The Bertz CT molecular complexity index is 625. The van der Waals surface area contributed by atoms with Gasteiger partial charge in [0.1, 0.15) is 0 Å². The highest BCUT2D eigenvalue weighted by molar-refractivity contribution is 6.05. The van der Waals surface area contributed by atoms with E-state index in [-0.39, 0.29) is 23.9 Å². The van der Waals surface area contributed by atoms with E-state index in [1.165, 1.54) is 18.2 Å². The van der Waals surface area contributed by atoms with Crippen molar-refractivity contribution in [3.63, 3.8) is 0 Å². The maximum absolute atomic E-state index is 13.0. The Kier molecular flexibility index (Phi) is 3.54. The third-order valence-corrected chi connectivity index (χ3v) is 4.25. The lowest BCUT2D eigenvalue weighted by Crippen LogP contribution is -2.31. The second-order valence-electron chi connectivity index (χ2n) is 5.57. The summed E-state index contributed by atoms with van der Waals surface area (Å²) in [4.78, 5) is 25.6. The Labute approximate surface area is 125 Å². The van der Waals surface area contributed by atoms with Crippen molar-refractivity contribution in [3.05, 3.63) is 47.5 Å². The number of alkyl halides is 3. The molecule has 0 radical (unpaired) electrons. The van der Waals surface area contributed by atoms with Crippen molar-refractivity contribution in [2.24, 2.45) is 11.8 Å². The van der Waals surface area contributed by atoms with Crippen LogP contribution in [0.1, 0.15) is 24.0 Å². The molecule has 1 aromatic carbocycles. The topological polar surface area (TPSA) is 37.4 Å². The maximum atomic E-state index is 13.0. The van der Waals surface area contributed by atoms with Crippen molar-refractivity contribution in [2.75, 3.05) is 0 Å². The van der Waals surface area contributed by atoms with Gasteiger partial charge in [-0.1, -0.05) is 30.4 Å². The smallest absolute Gasteiger partial charge is 0.278 e. The first-order valence-electron chi connectivity index (χ1n) is 7.05. The number of fused-ring (bicyclic) bond motifs is 1. The fraction of sp³-hybridized carbons (Fsp3) is 0.375. The third-order valence-electron chi connectivity index (χ3n) is 4.25. The molecule has 3 rings (SSSR count). The van der Waals surface area contributed by atoms with Gasteiger partial charge in [0.05, 0.1) is 23.9 Å². The Morgan fingerprint density at radius 2 is 1.55 bits per heavy atom. The van der Waals surface area contributed by atoms with Crippen LogP contribution in [0, 0.1) is 11.8 Å². The number of halogens is 3. The zero-order chi connectivity index (χ0) is 15.9. The van der Waals surface area contributed by atoms with Crippen molar-refractivity contribution in [1.29, 1.82) is 0 Å². The zero-order valence-corrected chi connectivity index (χ0v) is 11.6. The molecule has 2 atom stereocenters. The van der Waals surface area contributed by atoms with Gasteiger partial charge in [-0.15, -0.1) is 0 Å². The number of allylic oxidation sites excluding steroid dienone is 2. The largest absolute Gasteiger partial charge is 0.416 e. The molecule has 0 saturated carbocycles. The minimum atomic E-state index is -4.50. The van der Waals surface area contributed by atoms with E-state index in [0.29, 0.717) is 12.8 Å². The Balaban J connectivity index is 1.89. The van der Waals surface area contributed by atoms with Gasteiger partial charge >= 0.3 is 6.18 Å². The highest BCUT2D eigenvalue weighted by Gasteiger charge is 2.47. The quantitative estimate of drug-likeness (QED) is 0.621. The van der Waals surface area contributed by atoms with E-state index >= 15 is 0 Å². The van der Waals surface area contributed by atoms with Gasteiger partial charge in [0, 0.05) is 0 Å². The Morgan fingerprint density at radius 3 is 2.09 bits per heavy atom. The van der Waals surface area contributed by atoms with Crippen LogP contribution in [0.15, 0.2) is 36.4 Å². The van der Waals surface area contributed by atoms with E-state index in [2.05, 4.69) is 0 Å². The number of imide groups is 1. The van der Waals surface area contributed by atoms with Crippen LogP contribution in [0.3, 0.4) is 0 Å². The van der Waals surface area contributed by atoms with Crippen LogP contribution < -0.4 is 0 Å². The van der Waals surface area contributed by atoms with Crippen LogP contribution in [0.5, 0.6) is 0 Å². The zero-order valence-electron chi connectivity index (χ0n) is 11.6. The average Bonchev–Trinajstić information content (AvgIpc) is 2.72. The number of amides is 2. The van der Waals surface area contributed by atoms with E-state index < -0.39 is 23.6 Å². The Hall–Kier alpha value is -2.11. The van der Waals surface area contributed by atoms with Crippen LogP contribution in [0.2, 0.25) is 0 Å². The molecule has 0 aromatic heterocycles. The summed E-state index contributed by atoms with van der Waals surface area (Å²) in [7, 11) is 0. The molecule has 1 fully saturated rings. The lowest BCUT2D eigenvalue weighted by molar-refractivity contribution is -0.143. The van der Waals surface area contributed by atoms with Gasteiger partial charge < -0.3 is 0 Å². The molecule has 1 aliphatic carbocycles. The van der Waals surface area contributed by atoms with Gasteiger partial charge in [0.15, 0.2) is 0 Å². The molecule has 116 valence electrons. The summed E-state index contributed by atoms with van der Waals surface area (Å²) in [6.45, 7) is -0.319. The average molecular weight is 309 g/mol. The van der Waals surface area contributed by atoms with Gasteiger partial charge in [-0.2, -0.15) is 13.2 Å². The van der Waals surface area contributed by atoms with Crippen molar-refractivity contribution < 1.29 is 22.8 Å². The molecule has 1 aliphatic heterocycles. The Morgan fingerprint density at radius 1 is 1.00 bits per heavy atom. The number of carbonyl (C=O) groups excluding carboxylic acids is 2. The van der Waals surface area contributed by atoms with E-state index in [1.807, 2.05) is 12.2 Å². The number of benzene rings is 1. The normalized spacial score (nSPS) is 24.8. The summed E-state index contributed by atoms with van der Waals surface area (Å²) in [5, 5.41) is 0. The minimum Gasteiger partial charge on any atom is -0.278 e. The number of carbonyl (C=O) groups is 2. The van der Waals surface area contributed by atoms with Gasteiger partial charge in [-0.25, -0.2) is 0 Å². The number of rotatable bonds is 2. The second kappa shape index (κ2) is 5.26. The van der Waals surface area contributed by atoms with Crippen LogP contribution in [0.25, 0.3) is 0 Å². The predicted molar refractivity (Wildman–Crippen MR) is 72.4 cm³/mol. The lowest BCUT2D eigenvalue weighted by atomic mass is 9.85. The van der Waals surface area contributed by atoms with Crippen LogP contribution in [-0.2, 0) is 22.3 Å². The van der Waals surface area contributed by atoms with Crippen molar-refractivity contribution in [2.45, 2.75) is 25.6 Å². The van der Waals surface area contributed by atoms with Gasteiger partial charge in [-0.3, -0.25) is 14.5 Å². The van der Waals surface area contributed by atoms with Crippen LogP contribution in [-0.4, -0.2) is 16.7 Å². The number of likely N-dealkylation sites (tertiary alicyclic amines) is 1. The summed E-state index contributed by atoms with van der Waals surface area (Å²) >= 11 is 0. The summed E-state index contributed by atoms with van der Waals surface area (Å²) in [6.07, 6.45) is 0.148.